The second-order valence-corrected chi connectivity index (χ2v) is 5.57. The standard InChI is InChI=1S/C16H18FN3O2/c17-11-5-7-13(8-6-11)20-16(22)9-15(21)14(19-20)10-18-12-3-1-2-4-12/h5-9,12,18,21H,1-4,10H2. The van der Waals surface area contributed by atoms with Crippen molar-refractivity contribution < 1.29 is 9.50 Å². The molecule has 22 heavy (non-hydrogen) atoms. The van der Waals surface area contributed by atoms with E-state index in [2.05, 4.69) is 10.4 Å². The Bertz CT molecular complexity index is 706. The van der Waals surface area contributed by atoms with Gasteiger partial charge in [-0.15, -0.1) is 0 Å². The maximum absolute atomic E-state index is 13.0. The van der Waals surface area contributed by atoms with E-state index in [-0.39, 0.29) is 11.6 Å². The predicted molar refractivity (Wildman–Crippen MR) is 80.6 cm³/mol. The van der Waals surface area contributed by atoms with Gasteiger partial charge in [0.25, 0.3) is 5.56 Å². The summed E-state index contributed by atoms with van der Waals surface area (Å²) in [6.45, 7) is 0.401. The summed E-state index contributed by atoms with van der Waals surface area (Å²) < 4.78 is 14.2. The first-order valence-electron chi connectivity index (χ1n) is 7.45. The fourth-order valence-corrected chi connectivity index (χ4v) is 2.75. The summed E-state index contributed by atoms with van der Waals surface area (Å²) in [7, 11) is 0. The third-order valence-electron chi connectivity index (χ3n) is 3.97. The second kappa shape index (κ2) is 6.27. The quantitative estimate of drug-likeness (QED) is 0.908. The van der Waals surface area contributed by atoms with E-state index in [1.165, 1.54) is 41.8 Å². The van der Waals surface area contributed by atoms with E-state index in [9.17, 15) is 14.3 Å². The minimum absolute atomic E-state index is 0.117. The van der Waals surface area contributed by atoms with Gasteiger partial charge in [0.15, 0.2) is 0 Å². The van der Waals surface area contributed by atoms with E-state index in [0.717, 1.165) is 18.9 Å². The molecular formula is C16H18FN3O2. The molecule has 0 unspecified atom stereocenters. The largest absolute Gasteiger partial charge is 0.506 e. The second-order valence-electron chi connectivity index (χ2n) is 5.57. The molecule has 0 radical (unpaired) electrons. The molecule has 1 aromatic carbocycles. The van der Waals surface area contributed by atoms with Crippen LogP contribution in [0.5, 0.6) is 5.75 Å². The lowest BCUT2D eigenvalue weighted by Gasteiger charge is -2.13. The van der Waals surface area contributed by atoms with Crippen LogP contribution in [0.25, 0.3) is 5.69 Å². The first kappa shape index (κ1) is 14.7. The molecule has 2 aromatic rings. The number of rotatable bonds is 4. The Balaban J connectivity index is 1.85. The number of nitrogens with one attached hydrogen (secondary N) is 1. The van der Waals surface area contributed by atoms with Gasteiger partial charge in [0.05, 0.1) is 5.69 Å². The SMILES string of the molecule is O=c1cc(O)c(CNC2CCCC2)nn1-c1ccc(F)cc1. The normalized spacial score (nSPS) is 15.3. The van der Waals surface area contributed by atoms with Gasteiger partial charge in [-0.25, -0.2) is 4.39 Å². The Morgan fingerprint density at radius 3 is 2.64 bits per heavy atom. The minimum Gasteiger partial charge on any atom is -0.506 e. The van der Waals surface area contributed by atoms with Gasteiger partial charge in [0.1, 0.15) is 17.3 Å². The lowest BCUT2D eigenvalue weighted by molar-refractivity contribution is 0.441. The summed E-state index contributed by atoms with van der Waals surface area (Å²) in [5.74, 6) is -0.493. The highest BCUT2D eigenvalue weighted by Crippen LogP contribution is 2.19. The minimum atomic E-state index is -0.450. The van der Waals surface area contributed by atoms with Crippen molar-refractivity contribution in [2.24, 2.45) is 0 Å². The monoisotopic (exact) mass is 303 g/mol. The number of benzene rings is 1. The highest BCUT2D eigenvalue weighted by molar-refractivity contribution is 5.33. The maximum atomic E-state index is 13.0. The van der Waals surface area contributed by atoms with Crippen LogP contribution in [0.3, 0.4) is 0 Å². The molecular weight excluding hydrogens is 285 g/mol. The molecule has 1 aliphatic carbocycles. The Hall–Kier alpha value is -2.21. The van der Waals surface area contributed by atoms with Crippen molar-refractivity contribution in [3.8, 4) is 11.4 Å². The molecule has 6 heteroatoms. The van der Waals surface area contributed by atoms with Gasteiger partial charge in [-0.3, -0.25) is 4.79 Å². The zero-order valence-corrected chi connectivity index (χ0v) is 12.1. The summed E-state index contributed by atoms with van der Waals surface area (Å²) in [5.41, 5.74) is 0.429. The van der Waals surface area contributed by atoms with Crippen LogP contribution in [-0.4, -0.2) is 20.9 Å². The summed E-state index contributed by atoms with van der Waals surface area (Å²) in [4.78, 5) is 12.0. The van der Waals surface area contributed by atoms with Crippen molar-refractivity contribution in [3.63, 3.8) is 0 Å². The fraction of sp³-hybridized carbons (Fsp3) is 0.375. The number of aromatic hydroxyl groups is 1. The van der Waals surface area contributed by atoms with Crippen molar-refractivity contribution in [1.82, 2.24) is 15.1 Å². The highest BCUT2D eigenvalue weighted by atomic mass is 19.1. The van der Waals surface area contributed by atoms with Crippen LogP contribution in [0.2, 0.25) is 0 Å². The third kappa shape index (κ3) is 3.17. The highest BCUT2D eigenvalue weighted by Gasteiger charge is 2.16. The lowest BCUT2D eigenvalue weighted by Crippen LogP contribution is -2.28. The molecule has 1 saturated carbocycles. The molecule has 1 aromatic heterocycles. The first-order valence-corrected chi connectivity index (χ1v) is 7.45. The topological polar surface area (TPSA) is 67.2 Å². The van der Waals surface area contributed by atoms with Crippen LogP contribution in [-0.2, 0) is 6.54 Å². The molecule has 0 aliphatic heterocycles. The molecule has 0 bridgehead atoms. The van der Waals surface area contributed by atoms with Crippen LogP contribution in [0.4, 0.5) is 4.39 Å². The number of nitrogens with zero attached hydrogens (tertiary/aromatic N) is 2. The van der Waals surface area contributed by atoms with Gasteiger partial charge in [-0.2, -0.15) is 9.78 Å². The number of aromatic nitrogens is 2. The van der Waals surface area contributed by atoms with Crippen molar-refractivity contribution in [2.45, 2.75) is 38.3 Å². The van der Waals surface area contributed by atoms with Gasteiger partial charge < -0.3 is 10.4 Å². The summed E-state index contributed by atoms with van der Waals surface area (Å²) in [5, 5.41) is 17.5. The van der Waals surface area contributed by atoms with Crippen molar-refractivity contribution in [1.29, 1.82) is 0 Å². The Labute approximate surface area is 127 Å². The van der Waals surface area contributed by atoms with Gasteiger partial charge in [0, 0.05) is 18.7 Å². The zero-order chi connectivity index (χ0) is 15.5. The molecule has 0 saturated heterocycles. The molecule has 1 heterocycles. The van der Waals surface area contributed by atoms with Gasteiger partial charge in [-0.1, -0.05) is 12.8 Å². The molecule has 3 rings (SSSR count). The molecule has 1 aliphatic rings. The molecule has 0 atom stereocenters. The smallest absolute Gasteiger partial charge is 0.275 e. The van der Waals surface area contributed by atoms with E-state index in [0.29, 0.717) is 24.0 Å². The van der Waals surface area contributed by atoms with Gasteiger partial charge in [-0.05, 0) is 37.1 Å². The predicted octanol–water partition coefficient (Wildman–Crippen LogP) is 2.11. The zero-order valence-electron chi connectivity index (χ0n) is 12.1. The van der Waals surface area contributed by atoms with E-state index in [4.69, 9.17) is 0 Å². The van der Waals surface area contributed by atoms with Crippen LogP contribution in [0.1, 0.15) is 31.4 Å². The van der Waals surface area contributed by atoms with E-state index >= 15 is 0 Å². The van der Waals surface area contributed by atoms with Crippen LogP contribution in [0.15, 0.2) is 35.1 Å². The molecule has 2 N–H and O–H groups in total. The number of halogens is 1. The summed E-state index contributed by atoms with van der Waals surface area (Å²) in [6, 6.07) is 7.08. The van der Waals surface area contributed by atoms with Crippen LogP contribution < -0.4 is 10.9 Å². The van der Waals surface area contributed by atoms with Crippen molar-refractivity contribution in [3.05, 3.63) is 52.2 Å². The van der Waals surface area contributed by atoms with Crippen LogP contribution >= 0.6 is 0 Å². The molecule has 116 valence electrons. The maximum Gasteiger partial charge on any atom is 0.275 e. The Morgan fingerprint density at radius 1 is 1.27 bits per heavy atom. The fourth-order valence-electron chi connectivity index (χ4n) is 2.75. The first-order chi connectivity index (χ1) is 10.6. The summed E-state index contributed by atoms with van der Waals surface area (Å²) in [6.07, 6.45) is 4.68. The summed E-state index contributed by atoms with van der Waals surface area (Å²) >= 11 is 0. The Kier molecular flexibility index (Phi) is 4.20. The van der Waals surface area contributed by atoms with Gasteiger partial charge in [0.2, 0.25) is 0 Å². The lowest BCUT2D eigenvalue weighted by atomic mass is 10.2. The number of hydrogen-bond donors (Lipinski definition) is 2. The molecule has 5 nitrogen and oxygen atoms in total. The van der Waals surface area contributed by atoms with E-state index in [1.54, 1.807) is 0 Å². The van der Waals surface area contributed by atoms with Crippen molar-refractivity contribution in [2.75, 3.05) is 0 Å². The Morgan fingerprint density at radius 2 is 1.95 bits per heavy atom. The van der Waals surface area contributed by atoms with Crippen molar-refractivity contribution >= 4 is 0 Å². The molecule has 1 fully saturated rings. The van der Waals surface area contributed by atoms with E-state index in [1.807, 2.05) is 0 Å². The third-order valence-corrected chi connectivity index (χ3v) is 3.97. The number of hydrogen-bond acceptors (Lipinski definition) is 4. The molecule has 0 amide bonds. The average Bonchev–Trinajstić information content (AvgIpc) is 3.01. The van der Waals surface area contributed by atoms with E-state index < -0.39 is 5.56 Å². The van der Waals surface area contributed by atoms with Crippen LogP contribution in [0, 0.1) is 5.82 Å². The average molecular weight is 303 g/mol. The molecule has 0 spiro atoms. The van der Waals surface area contributed by atoms with Gasteiger partial charge >= 0.3 is 0 Å².